The van der Waals surface area contributed by atoms with Gasteiger partial charge in [-0.05, 0) is 30.7 Å². The molecule has 1 unspecified atom stereocenters. The molecule has 5 heteroatoms. The van der Waals surface area contributed by atoms with Crippen molar-refractivity contribution in [2.24, 2.45) is 0 Å². The quantitative estimate of drug-likeness (QED) is 0.750. The van der Waals surface area contributed by atoms with Crippen LogP contribution in [0.5, 0.6) is 5.75 Å². The van der Waals surface area contributed by atoms with Gasteiger partial charge in [0, 0.05) is 0 Å². The van der Waals surface area contributed by atoms with Crippen LogP contribution in [0.2, 0.25) is 0 Å². The van der Waals surface area contributed by atoms with Crippen molar-refractivity contribution in [1.29, 1.82) is 0 Å². The maximum absolute atomic E-state index is 12.1. The third-order valence-corrected chi connectivity index (χ3v) is 2.69. The van der Waals surface area contributed by atoms with Crippen LogP contribution >= 0.6 is 0 Å². The summed E-state index contributed by atoms with van der Waals surface area (Å²) >= 11 is 0. The number of hydrogen-bond donors (Lipinski definition) is 1. The predicted octanol–water partition coefficient (Wildman–Crippen LogP) is 3.02. The normalized spacial score (nSPS) is 12.7. The number of halogens is 2. The van der Waals surface area contributed by atoms with E-state index in [9.17, 15) is 8.78 Å². The van der Waals surface area contributed by atoms with E-state index in [1.807, 2.05) is 24.3 Å². The number of rotatable bonds is 9. The Balaban J connectivity index is 2.60. The molecule has 0 aliphatic carbocycles. The molecule has 19 heavy (non-hydrogen) atoms. The predicted molar refractivity (Wildman–Crippen MR) is 70.9 cm³/mol. The van der Waals surface area contributed by atoms with Crippen LogP contribution in [0.4, 0.5) is 8.78 Å². The highest BCUT2D eigenvalue weighted by atomic mass is 19.3. The van der Waals surface area contributed by atoms with Crippen molar-refractivity contribution in [3.63, 3.8) is 0 Å². The van der Waals surface area contributed by atoms with Crippen LogP contribution < -0.4 is 10.1 Å². The molecule has 108 valence electrons. The second kappa shape index (κ2) is 8.82. The molecule has 0 bridgehead atoms. The lowest BCUT2D eigenvalue weighted by molar-refractivity contribution is 0.00921. The molecular formula is C14H21F2NO2. The summed E-state index contributed by atoms with van der Waals surface area (Å²) in [6.45, 7) is 2.57. The Labute approximate surface area is 112 Å². The molecule has 0 aromatic heterocycles. The van der Waals surface area contributed by atoms with Crippen molar-refractivity contribution < 1.29 is 18.3 Å². The zero-order chi connectivity index (χ0) is 14.1. The van der Waals surface area contributed by atoms with E-state index in [-0.39, 0.29) is 12.6 Å². The zero-order valence-electron chi connectivity index (χ0n) is 11.4. The molecule has 0 aliphatic rings. The van der Waals surface area contributed by atoms with Crippen molar-refractivity contribution in [2.75, 3.05) is 26.9 Å². The van der Waals surface area contributed by atoms with Crippen LogP contribution in [0, 0.1) is 0 Å². The lowest BCUT2D eigenvalue weighted by atomic mass is 10.1. The Kier molecular flexibility index (Phi) is 7.36. The van der Waals surface area contributed by atoms with Crippen molar-refractivity contribution in [3.8, 4) is 5.75 Å². The molecule has 0 aliphatic heterocycles. The minimum Gasteiger partial charge on any atom is -0.497 e. The van der Waals surface area contributed by atoms with Gasteiger partial charge in [0.1, 0.15) is 12.4 Å². The lowest BCUT2D eigenvalue weighted by Crippen LogP contribution is -2.27. The Hall–Kier alpha value is -1.20. The minimum atomic E-state index is -2.43. The summed E-state index contributed by atoms with van der Waals surface area (Å²) in [7, 11) is 1.60. The Morgan fingerprint density at radius 1 is 1.16 bits per heavy atom. The Bertz CT molecular complexity index is 344. The van der Waals surface area contributed by atoms with E-state index in [1.165, 1.54) is 0 Å². The Morgan fingerprint density at radius 2 is 1.84 bits per heavy atom. The Morgan fingerprint density at radius 3 is 2.37 bits per heavy atom. The number of methoxy groups -OCH3 is 1. The van der Waals surface area contributed by atoms with Crippen molar-refractivity contribution in [2.45, 2.75) is 25.8 Å². The van der Waals surface area contributed by atoms with Gasteiger partial charge in [-0.3, -0.25) is 0 Å². The summed E-state index contributed by atoms with van der Waals surface area (Å²) in [6, 6.07) is 7.45. The molecular weight excluding hydrogens is 252 g/mol. The van der Waals surface area contributed by atoms with Gasteiger partial charge in [0.25, 0.3) is 6.43 Å². The molecule has 1 N–H and O–H groups in total. The molecule has 0 saturated heterocycles. The number of hydrogen-bond acceptors (Lipinski definition) is 3. The topological polar surface area (TPSA) is 30.5 Å². The highest BCUT2D eigenvalue weighted by Crippen LogP contribution is 2.18. The van der Waals surface area contributed by atoms with Gasteiger partial charge in [0.2, 0.25) is 0 Å². The molecule has 0 spiro atoms. The van der Waals surface area contributed by atoms with Gasteiger partial charge in [-0.15, -0.1) is 0 Å². The second-order valence-corrected chi connectivity index (χ2v) is 4.21. The molecule has 3 nitrogen and oxygen atoms in total. The zero-order valence-corrected chi connectivity index (χ0v) is 11.4. The first-order valence-electron chi connectivity index (χ1n) is 6.40. The van der Waals surface area contributed by atoms with Gasteiger partial charge in [-0.1, -0.05) is 19.1 Å². The van der Waals surface area contributed by atoms with Gasteiger partial charge in [-0.2, -0.15) is 0 Å². The molecule has 1 atom stereocenters. The van der Waals surface area contributed by atoms with E-state index in [2.05, 4.69) is 12.2 Å². The molecule has 0 saturated carbocycles. The van der Waals surface area contributed by atoms with E-state index in [1.54, 1.807) is 7.11 Å². The van der Waals surface area contributed by atoms with E-state index in [4.69, 9.17) is 9.47 Å². The summed E-state index contributed by atoms with van der Waals surface area (Å²) in [5.74, 6) is 0.770. The van der Waals surface area contributed by atoms with E-state index < -0.39 is 13.0 Å². The summed E-state index contributed by atoms with van der Waals surface area (Å²) in [5.41, 5.74) is 1.00. The highest BCUT2D eigenvalue weighted by Gasteiger charge is 2.12. The average Bonchev–Trinajstić information content (AvgIpc) is 2.42. The van der Waals surface area contributed by atoms with E-state index in [0.717, 1.165) is 24.3 Å². The van der Waals surface area contributed by atoms with Gasteiger partial charge >= 0.3 is 0 Å². The van der Waals surface area contributed by atoms with E-state index in [0.29, 0.717) is 0 Å². The summed E-state index contributed by atoms with van der Waals surface area (Å²) in [6.07, 6.45) is -1.45. The first-order chi connectivity index (χ1) is 9.17. The van der Waals surface area contributed by atoms with Gasteiger partial charge in [0.05, 0.1) is 19.8 Å². The third-order valence-electron chi connectivity index (χ3n) is 2.69. The van der Waals surface area contributed by atoms with Crippen LogP contribution in [-0.4, -0.2) is 33.3 Å². The SMILES string of the molecule is CCCNC(COCC(F)F)c1ccc(OC)cc1. The van der Waals surface area contributed by atoms with Gasteiger partial charge in [-0.25, -0.2) is 8.78 Å². The molecule has 1 aromatic carbocycles. The van der Waals surface area contributed by atoms with Crippen LogP contribution in [-0.2, 0) is 4.74 Å². The molecule has 1 aromatic rings. The fourth-order valence-electron chi connectivity index (χ4n) is 1.70. The van der Waals surface area contributed by atoms with Crippen LogP contribution in [0.1, 0.15) is 24.9 Å². The first kappa shape index (κ1) is 15.9. The van der Waals surface area contributed by atoms with Gasteiger partial charge < -0.3 is 14.8 Å². The standard InChI is InChI=1S/C14H21F2NO2/c1-3-8-17-13(9-19-10-14(15)16)11-4-6-12(18-2)7-5-11/h4-7,13-14,17H,3,8-10H2,1-2H3. The third kappa shape index (κ3) is 5.98. The second-order valence-electron chi connectivity index (χ2n) is 4.21. The number of benzene rings is 1. The van der Waals surface area contributed by atoms with Crippen molar-refractivity contribution in [3.05, 3.63) is 29.8 Å². The fourth-order valence-corrected chi connectivity index (χ4v) is 1.70. The summed E-state index contributed by atoms with van der Waals surface area (Å²) < 4.78 is 34.3. The molecule has 0 amide bonds. The smallest absolute Gasteiger partial charge is 0.261 e. The first-order valence-corrected chi connectivity index (χ1v) is 6.40. The largest absolute Gasteiger partial charge is 0.497 e. The lowest BCUT2D eigenvalue weighted by Gasteiger charge is -2.19. The highest BCUT2D eigenvalue weighted by molar-refractivity contribution is 5.29. The maximum atomic E-state index is 12.1. The molecule has 0 radical (unpaired) electrons. The monoisotopic (exact) mass is 273 g/mol. The molecule has 0 heterocycles. The van der Waals surface area contributed by atoms with Crippen LogP contribution in [0.3, 0.4) is 0 Å². The van der Waals surface area contributed by atoms with E-state index >= 15 is 0 Å². The minimum absolute atomic E-state index is 0.0791. The van der Waals surface area contributed by atoms with Crippen molar-refractivity contribution in [1.82, 2.24) is 5.32 Å². The number of alkyl halides is 2. The maximum Gasteiger partial charge on any atom is 0.261 e. The molecule has 0 fully saturated rings. The average molecular weight is 273 g/mol. The summed E-state index contributed by atoms with van der Waals surface area (Å²) in [4.78, 5) is 0. The number of ether oxygens (including phenoxy) is 2. The van der Waals surface area contributed by atoms with Crippen LogP contribution in [0.25, 0.3) is 0 Å². The van der Waals surface area contributed by atoms with Crippen LogP contribution in [0.15, 0.2) is 24.3 Å². The van der Waals surface area contributed by atoms with Crippen molar-refractivity contribution >= 4 is 0 Å². The summed E-state index contributed by atoms with van der Waals surface area (Å²) in [5, 5.41) is 3.29. The molecule has 1 rings (SSSR count). The number of nitrogens with one attached hydrogen (secondary N) is 1. The fraction of sp³-hybridized carbons (Fsp3) is 0.571. The van der Waals surface area contributed by atoms with Gasteiger partial charge in [0.15, 0.2) is 0 Å².